The Morgan fingerprint density at radius 1 is 1.07 bits per heavy atom. The summed E-state index contributed by atoms with van der Waals surface area (Å²) in [6.45, 7) is -0.0858. The third-order valence-corrected chi connectivity index (χ3v) is 9.25. The second-order valence-corrected chi connectivity index (χ2v) is 12.4. The molecular formula is C33H38N4O8. The summed E-state index contributed by atoms with van der Waals surface area (Å²) in [5.74, 6) is -7.11. The highest BCUT2D eigenvalue weighted by Crippen LogP contribution is 2.53. The quantitative estimate of drug-likeness (QED) is 0.235. The minimum absolute atomic E-state index is 0.0222. The number of benzene rings is 2. The van der Waals surface area contributed by atoms with Crippen molar-refractivity contribution in [3.63, 3.8) is 0 Å². The molecule has 2 amide bonds. The van der Waals surface area contributed by atoms with Gasteiger partial charge in [-0.15, -0.1) is 0 Å². The number of nitrogens with one attached hydrogen (secondary N) is 1. The number of aliphatic hydroxyl groups excluding tert-OH is 2. The van der Waals surface area contributed by atoms with Crippen LogP contribution in [0.25, 0.3) is 5.76 Å². The molecule has 3 aliphatic carbocycles. The molecule has 0 heterocycles. The summed E-state index contributed by atoms with van der Waals surface area (Å²) in [4.78, 5) is 55.3. The van der Waals surface area contributed by atoms with Crippen LogP contribution in [0, 0.1) is 11.8 Å². The Morgan fingerprint density at radius 2 is 1.73 bits per heavy atom. The van der Waals surface area contributed by atoms with Crippen molar-refractivity contribution in [2.75, 3.05) is 33.1 Å². The van der Waals surface area contributed by atoms with E-state index >= 15 is 0 Å². The van der Waals surface area contributed by atoms with Gasteiger partial charge in [0.05, 0.1) is 11.6 Å². The molecule has 45 heavy (non-hydrogen) atoms. The van der Waals surface area contributed by atoms with Crippen molar-refractivity contribution in [3.8, 4) is 5.75 Å². The molecule has 238 valence electrons. The van der Waals surface area contributed by atoms with Crippen molar-refractivity contribution in [1.29, 1.82) is 0 Å². The van der Waals surface area contributed by atoms with Crippen molar-refractivity contribution in [3.05, 3.63) is 75.6 Å². The maximum atomic E-state index is 13.9. The van der Waals surface area contributed by atoms with Gasteiger partial charge in [-0.25, -0.2) is 0 Å². The lowest BCUT2D eigenvalue weighted by Gasteiger charge is -2.46. The number of nitrogens with two attached hydrogens (primary N) is 1. The van der Waals surface area contributed by atoms with Crippen molar-refractivity contribution < 1.29 is 39.6 Å². The van der Waals surface area contributed by atoms with E-state index in [1.807, 2.05) is 30.3 Å². The lowest BCUT2D eigenvalue weighted by molar-refractivity contribution is -0.147. The molecule has 1 fully saturated rings. The highest BCUT2D eigenvalue weighted by atomic mass is 16.3. The number of primary amides is 1. The molecule has 12 nitrogen and oxygen atoms in total. The first-order valence-corrected chi connectivity index (χ1v) is 14.7. The minimum atomic E-state index is -2.64. The number of rotatable bonds is 8. The van der Waals surface area contributed by atoms with E-state index in [9.17, 15) is 39.6 Å². The topological polar surface area (TPSA) is 194 Å². The molecule has 2 aromatic rings. The molecule has 0 aromatic heterocycles. The van der Waals surface area contributed by atoms with E-state index in [1.165, 1.54) is 0 Å². The van der Waals surface area contributed by atoms with Gasteiger partial charge in [0.15, 0.2) is 11.4 Å². The number of fused-ring (bicyclic) bond motifs is 3. The van der Waals surface area contributed by atoms with E-state index in [2.05, 4.69) is 5.32 Å². The van der Waals surface area contributed by atoms with Gasteiger partial charge in [-0.1, -0.05) is 30.3 Å². The maximum absolute atomic E-state index is 13.9. The number of carbonyl (C=O) groups excluding carboxylic acids is 4. The van der Waals surface area contributed by atoms with Gasteiger partial charge in [-0.05, 0) is 56.5 Å². The molecule has 0 spiro atoms. The first-order valence-electron chi connectivity index (χ1n) is 14.7. The number of likely N-dealkylation sites (N-methyl/N-ethyl adjacent to an activating group) is 1. The van der Waals surface area contributed by atoms with Crippen LogP contribution in [-0.2, 0) is 38.6 Å². The number of Topliss-reactive ketones (excluding diaryl/α,β-unsaturated/α-hetero) is 2. The first kappa shape index (κ1) is 31.7. The molecule has 0 saturated heterocycles. The first-order chi connectivity index (χ1) is 21.2. The number of nitrogens with zero attached hydrogens (tertiary/aromatic N) is 2. The van der Waals surface area contributed by atoms with Gasteiger partial charge in [-0.3, -0.25) is 24.1 Å². The molecule has 4 atom stereocenters. The van der Waals surface area contributed by atoms with Gasteiger partial charge >= 0.3 is 0 Å². The van der Waals surface area contributed by atoms with Crippen LogP contribution in [0.4, 0.5) is 5.69 Å². The van der Waals surface area contributed by atoms with Gasteiger partial charge in [-0.2, -0.15) is 0 Å². The van der Waals surface area contributed by atoms with Crippen LogP contribution in [0.3, 0.4) is 0 Å². The summed E-state index contributed by atoms with van der Waals surface area (Å²) >= 11 is 0. The molecular weight excluding hydrogens is 580 g/mol. The molecule has 7 N–H and O–H groups in total. The average molecular weight is 619 g/mol. The second kappa shape index (κ2) is 11.7. The molecule has 1 saturated carbocycles. The van der Waals surface area contributed by atoms with Crippen LogP contribution in [0.15, 0.2) is 53.3 Å². The van der Waals surface area contributed by atoms with Gasteiger partial charge < -0.3 is 36.4 Å². The van der Waals surface area contributed by atoms with Crippen molar-refractivity contribution in [1.82, 2.24) is 10.2 Å². The molecule has 0 aliphatic heterocycles. The van der Waals surface area contributed by atoms with Gasteiger partial charge in [0.1, 0.15) is 22.8 Å². The highest BCUT2D eigenvalue weighted by molar-refractivity contribution is 6.22. The van der Waals surface area contributed by atoms with Crippen LogP contribution in [0.5, 0.6) is 5.75 Å². The number of phenolic OH excluding ortho intramolecular Hbond substituents is 1. The Balaban J connectivity index is 1.53. The predicted molar refractivity (Wildman–Crippen MR) is 165 cm³/mol. The monoisotopic (exact) mass is 618 g/mol. The van der Waals surface area contributed by atoms with E-state index in [0.29, 0.717) is 17.7 Å². The Morgan fingerprint density at radius 3 is 2.33 bits per heavy atom. The Bertz CT molecular complexity index is 1660. The third kappa shape index (κ3) is 5.23. The van der Waals surface area contributed by atoms with Crippen molar-refractivity contribution >= 4 is 34.8 Å². The number of hydrogen-bond acceptors (Lipinski definition) is 10. The van der Waals surface area contributed by atoms with E-state index in [1.54, 1.807) is 44.1 Å². The Hall–Kier alpha value is -4.68. The number of aliphatic hydroxyl groups is 3. The summed E-state index contributed by atoms with van der Waals surface area (Å²) in [5.41, 5.74) is 4.01. The fourth-order valence-electron chi connectivity index (χ4n) is 6.90. The zero-order chi connectivity index (χ0) is 33.0. The lowest BCUT2D eigenvalue weighted by atomic mass is 9.59. The number of ketones is 2. The third-order valence-electron chi connectivity index (χ3n) is 9.25. The van der Waals surface area contributed by atoms with Gasteiger partial charge in [0, 0.05) is 49.8 Å². The number of hydrogen-bond donors (Lipinski definition) is 6. The molecule has 2 aromatic carbocycles. The van der Waals surface area contributed by atoms with Crippen LogP contribution in [-0.4, -0.2) is 88.5 Å². The van der Waals surface area contributed by atoms with Crippen LogP contribution in [0.1, 0.15) is 35.1 Å². The van der Waals surface area contributed by atoms with E-state index in [4.69, 9.17) is 5.73 Å². The Kier molecular flexibility index (Phi) is 8.23. The minimum Gasteiger partial charge on any atom is -0.508 e. The number of amides is 2. The zero-order valence-electron chi connectivity index (χ0n) is 25.6. The van der Waals surface area contributed by atoms with E-state index in [0.717, 1.165) is 5.56 Å². The Labute approximate surface area is 260 Å². The number of phenols is 1. The summed E-state index contributed by atoms with van der Waals surface area (Å²) in [5, 5.41) is 48.2. The number of carbonyl (C=O) groups is 4. The van der Waals surface area contributed by atoms with Crippen molar-refractivity contribution in [2.45, 2.75) is 43.9 Å². The van der Waals surface area contributed by atoms with E-state index in [-0.39, 0.29) is 54.2 Å². The molecule has 0 radical (unpaired) electrons. The molecule has 5 rings (SSSR count). The zero-order valence-corrected chi connectivity index (χ0v) is 25.6. The fraction of sp³-hybridized carbons (Fsp3) is 0.394. The fourth-order valence-corrected chi connectivity index (χ4v) is 6.90. The van der Waals surface area contributed by atoms with Gasteiger partial charge in [0.2, 0.25) is 11.7 Å². The average Bonchev–Trinajstić information content (AvgIpc) is 2.97. The summed E-state index contributed by atoms with van der Waals surface area (Å²) < 4.78 is 0. The summed E-state index contributed by atoms with van der Waals surface area (Å²) in [7, 11) is 7.17. The molecule has 3 aliphatic rings. The smallest absolute Gasteiger partial charge is 0.255 e. The highest BCUT2D eigenvalue weighted by Gasteiger charge is 2.60. The standard InChI is InChI=1S/C33H38N4O8/c1-36(2)21-13-18(15-35-32(44)22(37(3)4)10-16-8-6-5-7-9-16)27(39)25-20(21)12-17-11-19-14-23(38)26(31(34)43)30(42)33(19,45)29(41)24(17)28(25)40/h5-9,13,17,19,22,39-40,42,45H,10-12,14-15H2,1-4H3,(H2,34,43)(H,35,44). The number of anilines is 1. The lowest BCUT2D eigenvalue weighted by Crippen LogP contribution is -2.58. The largest absolute Gasteiger partial charge is 0.508 e. The second-order valence-electron chi connectivity index (χ2n) is 12.4. The molecule has 4 unspecified atom stereocenters. The summed E-state index contributed by atoms with van der Waals surface area (Å²) in [6, 6.07) is 10.8. The van der Waals surface area contributed by atoms with Crippen LogP contribution in [0.2, 0.25) is 0 Å². The predicted octanol–water partition coefficient (Wildman–Crippen LogP) is 1.28. The normalized spacial score (nSPS) is 23.3. The number of aromatic hydroxyl groups is 1. The molecule has 12 heteroatoms. The van der Waals surface area contributed by atoms with Gasteiger partial charge in [0.25, 0.3) is 5.91 Å². The maximum Gasteiger partial charge on any atom is 0.255 e. The summed E-state index contributed by atoms with van der Waals surface area (Å²) in [6.07, 6.45) is 0.303. The molecule has 0 bridgehead atoms. The van der Waals surface area contributed by atoms with E-state index < -0.39 is 58.0 Å². The SMILES string of the molecule is CN(C)c1cc(CNC(=O)C(Cc2ccccc2)N(C)C)c(O)c2c1CC1CC3CC(=O)C(C(N)=O)=C(O)C3(O)C(=O)C1=C2O. The van der Waals surface area contributed by atoms with Crippen molar-refractivity contribution in [2.24, 2.45) is 17.6 Å². The van der Waals surface area contributed by atoms with Crippen LogP contribution >= 0.6 is 0 Å². The van der Waals surface area contributed by atoms with Crippen LogP contribution < -0.4 is 16.0 Å².